The Labute approximate surface area is 329 Å². The second kappa shape index (κ2) is 12.5. The van der Waals surface area contributed by atoms with E-state index in [-0.39, 0.29) is 0 Å². The number of fused-ring (bicyclic) bond motifs is 9. The van der Waals surface area contributed by atoms with E-state index in [1.165, 1.54) is 76.7 Å². The van der Waals surface area contributed by atoms with Gasteiger partial charge in [0.05, 0.1) is 22.4 Å². The first kappa shape index (κ1) is 31.7. The minimum atomic E-state index is 0.707. The highest BCUT2D eigenvalue weighted by molar-refractivity contribution is 6.33. The van der Waals surface area contributed by atoms with Crippen molar-refractivity contribution in [3.63, 3.8) is 0 Å². The molecule has 0 N–H and O–H groups in total. The average molecular weight is 724 g/mol. The van der Waals surface area contributed by atoms with Crippen LogP contribution in [0.4, 0.5) is 0 Å². The van der Waals surface area contributed by atoms with Gasteiger partial charge in [-0.25, -0.2) is 9.97 Å². The van der Waals surface area contributed by atoms with E-state index in [0.717, 1.165) is 33.8 Å². The molecule has 0 atom stereocenters. The molecule has 0 unspecified atom stereocenters. The van der Waals surface area contributed by atoms with E-state index in [4.69, 9.17) is 9.97 Å². The van der Waals surface area contributed by atoms with Gasteiger partial charge in [0.1, 0.15) is 0 Å². The molecule has 0 saturated heterocycles. The maximum absolute atomic E-state index is 5.16. The quantitative estimate of drug-likeness (QED) is 0.177. The first-order chi connectivity index (χ1) is 28.3. The van der Waals surface area contributed by atoms with Crippen LogP contribution in [0.2, 0.25) is 0 Å². The molecule has 3 nitrogen and oxygen atoms in total. The third kappa shape index (κ3) is 4.92. The van der Waals surface area contributed by atoms with Crippen LogP contribution < -0.4 is 0 Å². The summed E-state index contributed by atoms with van der Waals surface area (Å²) >= 11 is 0. The van der Waals surface area contributed by atoms with E-state index < -0.39 is 0 Å². The standard InChI is InChI=1S/C54H33N3/c1-3-12-34(13-4-1)35-22-24-37(25-23-35)47-33-48(56-54(55-47)39-15-5-2-6-16-39)38-26-29-40(30-27-38)57-49-31-28-36-14-7-8-17-41(36)52(49)53-45-21-11-20-44-42-18-9-10-19-43(42)46(51(44)45)32-50(53)57/h1-33H. The van der Waals surface area contributed by atoms with E-state index in [1.807, 2.05) is 24.3 Å². The van der Waals surface area contributed by atoms with Crippen LogP contribution >= 0.6 is 0 Å². The lowest BCUT2D eigenvalue weighted by molar-refractivity contribution is 1.17. The van der Waals surface area contributed by atoms with Crippen molar-refractivity contribution in [1.29, 1.82) is 0 Å². The van der Waals surface area contributed by atoms with Gasteiger partial charge >= 0.3 is 0 Å². The topological polar surface area (TPSA) is 30.7 Å². The van der Waals surface area contributed by atoms with Crippen LogP contribution in [0.25, 0.3) is 116 Å². The third-order valence-corrected chi connectivity index (χ3v) is 11.8. The molecule has 1 aliphatic rings. The molecule has 2 aromatic heterocycles. The van der Waals surface area contributed by atoms with E-state index >= 15 is 0 Å². The fourth-order valence-electron chi connectivity index (χ4n) is 9.12. The second-order valence-corrected chi connectivity index (χ2v) is 14.9. The lowest BCUT2D eigenvalue weighted by Crippen LogP contribution is -1.97. The molecule has 2 heterocycles. The molecule has 0 fully saturated rings. The highest BCUT2D eigenvalue weighted by atomic mass is 15.0. The van der Waals surface area contributed by atoms with Gasteiger partial charge < -0.3 is 4.57 Å². The zero-order chi connectivity index (χ0) is 37.5. The zero-order valence-corrected chi connectivity index (χ0v) is 30.9. The van der Waals surface area contributed by atoms with Gasteiger partial charge in [-0.2, -0.15) is 0 Å². The maximum Gasteiger partial charge on any atom is 0.160 e. The summed E-state index contributed by atoms with van der Waals surface area (Å²) < 4.78 is 2.46. The molecule has 0 aliphatic heterocycles. The van der Waals surface area contributed by atoms with Gasteiger partial charge in [0.15, 0.2) is 5.82 Å². The Morgan fingerprint density at radius 2 is 0.860 bits per heavy atom. The van der Waals surface area contributed by atoms with Gasteiger partial charge in [0.2, 0.25) is 0 Å². The van der Waals surface area contributed by atoms with Crippen molar-refractivity contribution in [3.05, 3.63) is 200 Å². The number of hydrogen-bond acceptors (Lipinski definition) is 2. The van der Waals surface area contributed by atoms with Crippen LogP contribution in [-0.2, 0) is 0 Å². The molecule has 0 radical (unpaired) electrons. The summed E-state index contributed by atoms with van der Waals surface area (Å²) in [5.41, 5.74) is 16.0. The van der Waals surface area contributed by atoms with Crippen LogP contribution in [-0.4, -0.2) is 14.5 Å². The maximum atomic E-state index is 5.16. The van der Waals surface area contributed by atoms with Gasteiger partial charge in [0, 0.05) is 33.2 Å². The van der Waals surface area contributed by atoms with Crippen molar-refractivity contribution < 1.29 is 0 Å². The minimum Gasteiger partial charge on any atom is -0.309 e. The van der Waals surface area contributed by atoms with Crippen molar-refractivity contribution in [2.45, 2.75) is 0 Å². The molecular formula is C54H33N3. The molecule has 11 aromatic rings. The Balaban J connectivity index is 1.04. The minimum absolute atomic E-state index is 0.707. The van der Waals surface area contributed by atoms with Gasteiger partial charge in [-0.15, -0.1) is 0 Å². The SMILES string of the molecule is c1ccc(-c2ccc(-c3cc(-c4ccc(-n5c6ccc7ccccc7c6c6c7cccc8c7c(cc65)-c5ccccc5-8)cc4)nc(-c4ccccc4)n3)cc2)cc1. The highest BCUT2D eigenvalue weighted by Gasteiger charge is 2.26. The van der Waals surface area contributed by atoms with E-state index in [9.17, 15) is 0 Å². The summed E-state index contributed by atoms with van der Waals surface area (Å²) in [5, 5.41) is 7.74. The first-order valence-corrected chi connectivity index (χ1v) is 19.5. The van der Waals surface area contributed by atoms with Gasteiger partial charge in [0.25, 0.3) is 0 Å². The summed E-state index contributed by atoms with van der Waals surface area (Å²) in [5.74, 6) is 0.707. The molecule has 1 aliphatic carbocycles. The van der Waals surface area contributed by atoms with E-state index in [1.54, 1.807) is 0 Å². The molecule has 0 saturated carbocycles. The molecular weight excluding hydrogens is 691 g/mol. The molecule has 0 amide bonds. The van der Waals surface area contributed by atoms with Crippen LogP contribution in [0.15, 0.2) is 200 Å². The predicted molar refractivity (Wildman–Crippen MR) is 238 cm³/mol. The van der Waals surface area contributed by atoms with Crippen molar-refractivity contribution >= 4 is 43.4 Å². The first-order valence-electron chi connectivity index (χ1n) is 19.5. The normalized spacial score (nSPS) is 11.9. The average Bonchev–Trinajstić information content (AvgIpc) is 3.81. The van der Waals surface area contributed by atoms with Crippen LogP contribution in [0.5, 0.6) is 0 Å². The zero-order valence-electron chi connectivity index (χ0n) is 30.9. The van der Waals surface area contributed by atoms with Crippen molar-refractivity contribution in [2.75, 3.05) is 0 Å². The monoisotopic (exact) mass is 723 g/mol. The smallest absolute Gasteiger partial charge is 0.160 e. The fourth-order valence-corrected chi connectivity index (χ4v) is 9.12. The summed E-state index contributed by atoms with van der Waals surface area (Å²) in [6, 6.07) is 71.9. The summed E-state index contributed by atoms with van der Waals surface area (Å²) in [4.78, 5) is 10.3. The Hall–Kier alpha value is -7.62. The molecule has 0 bridgehead atoms. The van der Waals surface area contributed by atoms with Crippen LogP contribution in [0.1, 0.15) is 0 Å². The molecule has 9 aromatic carbocycles. The highest BCUT2D eigenvalue weighted by Crippen LogP contribution is 2.51. The van der Waals surface area contributed by atoms with Crippen molar-refractivity contribution in [1.82, 2.24) is 14.5 Å². The molecule has 264 valence electrons. The summed E-state index contributed by atoms with van der Waals surface area (Å²) in [7, 11) is 0. The third-order valence-electron chi connectivity index (χ3n) is 11.8. The summed E-state index contributed by atoms with van der Waals surface area (Å²) in [6.45, 7) is 0. The largest absolute Gasteiger partial charge is 0.309 e. The second-order valence-electron chi connectivity index (χ2n) is 14.9. The fraction of sp³-hybridized carbons (Fsp3) is 0. The van der Waals surface area contributed by atoms with E-state index in [2.05, 4.69) is 180 Å². The Kier molecular flexibility index (Phi) is 6.93. The Morgan fingerprint density at radius 3 is 1.60 bits per heavy atom. The molecule has 0 spiro atoms. The van der Waals surface area contributed by atoms with Crippen molar-refractivity contribution in [3.8, 4) is 73.0 Å². The van der Waals surface area contributed by atoms with Gasteiger partial charge in [-0.1, -0.05) is 170 Å². The Morgan fingerprint density at radius 1 is 0.316 bits per heavy atom. The molecule has 3 heteroatoms. The number of rotatable bonds is 5. The van der Waals surface area contributed by atoms with Crippen LogP contribution in [0.3, 0.4) is 0 Å². The lowest BCUT2D eigenvalue weighted by atomic mass is 9.96. The van der Waals surface area contributed by atoms with E-state index in [0.29, 0.717) is 5.82 Å². The number of nitrogens with zero attached hydrogens (tertiary/aromatic N) is 3. The molecule has 12 rings (SSSR count). The summed E-state index contributed by atoms with van der Waals surface area (Å²) in [6.07, 6.45) is 0. The molecule has 57 heavy (non-hydrogen) atoms. The number of benzene rings is 9. The Bertz CT molecular complexity index is 3360. The number of hydrogen-bond donors (Lipinski definition) is 0. The predicted octanol–water partition coefficient (Wildman–Crippen LogP) is 14.2. The van der Waals surface area contributed by atoms with Gasteiger partial charge in [-0.3, -0.25) is 0 Å². The number of aromatic nitrogens is 3. The van der Waals surface area contributed by atoms with Crippen molar-refractivity contribution in [2.24, 2.45) is 0 Å². The van der Waals surface area contributed by atoms with Crippen LogP contribution in [0, 0.1) is 0 Å². The lowest BCUT2D eigenvalue weighted by Gasteiger charge is -2.12. The van der Waals surface area contributed by atoms with Gasteiger partial charge in [-0.05, 0) is 85.3 Å².